The third kappa shape index (κ3) is 5.29. The molecule has 0 amide bonds. The molecule has 3 heteroatoms. The van der Waals surface area contributed by atoms with Gasteiger partial charge in [-0.15, -0.1) is 11.6 Å². The first-order chi connectivity index (χ1) is 6.43. The van der Waals surface area contributed by atoms with E-state index in [1.54, 1.807) is 0 Å². The zero-order valence-corrected chi connectivity index (χ0v) is 8.72. The molecule has 0 spiro atoms. The summed E-state index contributed by atoms with van der Waals surface area (Å²) in [5.41, 5.74) is 0. The largest absolute Gasteiger partial charge is 0.377 e. The first kappa shape index (κ1) is 11.0. The van der Waals surface area contributed by atoms with E-state index in [4.69, 9.17) is 16.3 Å². The van der Waals surface area contributed by atoms with Crippen molar-refractivity contribution in [2.45, 2.75) is 25.4 Å². The molecule has 2 nitrogen and oxygen atoms in total. The number of hydrogen-bond donors (Lipinski definition) is 1. The summed E-state index contributed by atoms with van der Waals surface area (Å²) < 4.78 is 5.57. The molecule has 0 saturated carbocycles. The van der Waals surface area contributed by atoms with Gasteiger partial charge in [-0.2, -0.15) is 0 Å². The van der Waals surface area contributed by atoms with E-state index in [-0.39, 0.29) is 0 Å². The summed E-state index contributed by atoms with van der Waals surface area (Å²) >= 11 is 5.49. The molecule has 1 saturated heterocycles. The number of nitrogens with one attached hydrogen (secondary N) is 1. The van der Waals surface area contributed by atoms with E-state index in [9.17, 15) is 0 Å². The first-order valence-corrected chi connectivity index (χ1v) is 5.50. The summed E-state index contributed by atoms with van der Waals surface area (Å²) in [6.07, 6.45) is 8.17. The molecule has 1 heterocycles. The summed E-state index contributed by atoms with van der Waals surface area (Å²) in [6, 6.07) is 0. The summed E-state index contributed by atoms with van der Waals surface area (Å²) in [6.45, 7) is 2.79. The molecule has 0 aliphatic carbocycles. The van der Waals surface area contributed by atoms with Crippen molar-refractivity contribution in [3.63, 3.8) is 0 Å². The van der Waals surface area contributed by atoms with Gasteiger partial charge >= 0.3 is 0 Å². The molecule has 1 fully saturated rings. The maximum atomic E-state index is 5.57. The molecule has 1 rings (SSSR count). The molecule has 1 atom stereocenters. The van der Waals surface area contributed by atoms with Gasteiger partial charge in [-0.05, 0) is 19.3 Å². The van der Waals surface area contributed by atoms with Gasteiger partial charge in [0.25, 0.3) is 0 Å². The number of alkyl halides is 1. The minimum Gasteiger partial charge on any atom is -0.377 e. The molecular weight excluding hydrogens is 186 g/mol. The second-order valence-corrected chi connectivity index (χ2v) is 3.58. The van der Waals surface area contributed by atoms with Crippen LogP contribution in [-0.4, -0.2) is 31.7 Å². The highest BCUT2D eigenvalue weighted by Crippen LogP contribution is 2.11. The fourth-order valence-corrected chi connectivity index (χ4v) is 1.57. The SMILES string of the molecule is ClC/C=C/CNCC1CCCCO1. The summed E-state index contributed by atoms with van der Waals surface area (Å²) in [5.74, 6) is 0.599. The third-order valence-corrected chi connectivity index (χ3v) is 2.34. The minimum absolute atomic E-state index is 0.429. The molecule has 1 aliphatic heterocycles. The predicted octanol–water partition coefficient (Wildman–Crippen LogP) is 1.94. The van der Waals surface area contributed by atoms with Crippen LogP contribution in [0.15, 0.2) is 12.2 Å². The molecule has 0 aromatic carbocycles. The molecule has 76 valence electrons. The number of allylic oxidation sites excluding steroid dienone is 1. The molecule has 1 aliphatic rings. The van der Waals surface area contributed by atoms with Gasteiger partial charge in [0.05, 0.1) is 6.10 Å². The second kappa shape index (κ2) is 7.36. The molecule has 1 unspecified atom stereocenters. The lowest BCUT2D eigenvalue weighted by atomic mass is 10.1. The maximum absolute atomic E-state index is 5.57. The fourth-order valence-electron chi connectivity index (χ4n) is 1.44. The van der Waals surface area contributed by atoms with Gasteiger partial charge < -0.3 is 10.1 Å². The average Bonchev–Trinajstić information content (AvgIpc) is 2.19. The lowest BCUT2D eigenvalue weighted by Crippen LogP contribution is -2.31. The zero-order valence-electron chi connectivity index (χ0n) is 7.97. The van der Waals surface area contributed by atoms with Gasteiger partial charge in [0.15, 0.2) is 0 Å². The fraction of sp³-hybridized carbons (Fsp3) is 0.800. The highest BCUT2D eigenvalue weighted by Gasteiger charge is 2.11. The van der Waals surface area contributed by atoms with Crippen LogP contribution in [0.25, 0.3) is 0 Å². The van der Waals surface area contributed by atoms with Gasteiger partial charge in [0.2, 0.25) is 0 Å². The Balaban J connectivity index is 1.95. The minimum atomic E-state index is 0.429. The van der Waals surface area contributed by atoms with Crippen LogP contribution >= 0.6 is 11.6 Å². The molecular formula is C10H18ClNO. The second-order valence-electron chi connectivity index (χ2n) is 3.27. The van der Waals surface area contributed by atoms with Crippen LogP contribution in [0.3, 0.4) is 0 Å². The quantitative estimate of drug-likeness (QED) is 0.419. The number of ether oxygens (including phenoxy) is 1. The summed E-state index contributed by atoms with van der Waals surface area (Å²) in [5, 5.41) is 3.32. The van der Waals surface area contributed by atoms with Gasteiger partial charge in [-0.25, -0.2) is 0 Å². The van der Waals surface area contributed by atoms with Crippen molar-refractivity contribution in [2.75, 3.05) is 25.6 Å². The van der Waals surface area contributed by atoms with E-state index in [2.05, 4.69) is 11.4 Å². The summed E-state index contributed by atoms with van der Waals surface area (Å²) in [7, 11) is 0. The maximum Gasteiger partial charge on any atom is 0.0699 e. The van der Waals surface area contributed by atoms with Gasteiger partial charge in [-0.1, -0.05) is 12.2 Å². The molecule has 0 radical (unpaired) electrons. The molecule has 0 aromatic rings. The molecule has 13 heavy (non-hydrogen) atoms. The Labute approximate surface area is 85.3 Å². The van der Waals surface area contributed by atoms with E-state index in [1.807, 2.05) is 6.08 Å². The Morgan fingerprint density at radius 2 is 2.31 bits per heavy atom. The van der Waals surface area contributed by atoms with Gasteiger partial charge in [0, 0.05) is 25.6 Å². The highest BCUT2D eigenvalue weighted by molar-refractivity contribution is 6.18. The van der Waals surface area contributed by atoms with E-state index >= 15 is 0 Å². The molecule has 0 bridgehead atoms. The van der Waals surface area contributed by atoms with Crippen molar-refractivity contribution >= 4 is 11.6 Å². The normalized spacial score (nSPS) is 23.9. The monoisotopic (exact) mass is 203 g/mol. The lowest BCUT2D eigenvalue weighted by molar-refractivity contribution is 0.0175. The van der Waals surface area contributed by atoms with Crippen LogP contribution in [0, 0.1) is 0 Å². The number of hydrogen-bond acceptors (Lipinski definition) is 2. The van der Waals surface area contributed by atoms with Crippen molar-refractivity contribution in [1.29, 1.82) is 0 Å². The van der Waals surface area contributed by atoms with Crippen LogP contribution in [0.1, 0.15) is 19.3 Å². The van der Waals surface area contributed by atoms with E-state index in [0.29, 0.717) is 12.0 Å². The van der Waals surface area contributed by atoms with Crippen molar-refractivity contribution in [1.82, 2.24) is 5.32 Å². The Morgan fingerprint density at radius 1 is 1.38 bits per heavy atom. The van der Waals surface area contributed by atoms with Crippen molar-refractivity contribution < 1.29 is 4.74 Å². The number of rotatable bonds is 5. The topological polar surface area (TPSA) is 21.3 Å². The average molecular weight is 204 g/mol. The van der Waals surface area contributed by atoms with E-state index < -0.39 is 0 Å². The van der Waals surface area contributed by atoms with Gasteiger partial charge in [-0.3, -0.25) is 0 Å². The van der Waals surface area contributed by atoms with E-state index in [0.717, 1.165) is 19.7 Å². The smallest absolute Gasteiger partial charge is 0.0699 e. The standard InChI is InChI=1S/C10H18ClNO/c11-6-2-3-7-12-9-10-5-1-4-8-13-10/h2-3,10,12H,1,4-9H2/b3-2+. The van der Waals surface area contributed by atoms with Crippen LogP contribution in [0.5, 0.6) is 0 Å². The van der Waals surface area contributed by atoms with Crippen molar-refractivity contribution in [3.05, 3.63) is 12.2 Å². The van der Waals surface area contributed by atoms with Crippen LogP contribution in [0.4, 0.5) is 0 Å². The Morgan fingerprint density at radius 3 is 3.00 bits per heavy atom. The first-order valence-electron chi connectivity index (χ1n) is 4.97. The van der Waals surface area contributed by atoms with Crippen LogP contribution in [-0.2, 0) is 4.74 Å². The molecule has 0 aromatic heterocycles. The Bertz CT molecular complexity index is 144. The summed E-state index contributed by atoms with van der Waals surface area (Å²) in [4.78, 5) is 0. The number of halogens is 1. The Hall–Kier alpha value is -0.0500. The lowest BCUT2D eigenvalue weighted by Gasteiger charge is -2.22. The van der Waals surface area contributed by atoms with E-state index in [1.165, 1.54) is 19.3 Å². The van der Waals surface area contributed by atoms with Crippen LogP contribution < -0.4 is 5.32 Å². The van der Waals surface area contributed by atoms with Crippen molar-refractivity contribution in [3.8, 4) is 0 Å². The third-order valence-electron chi connectivity index (χ3n) is 2.16. The van der Waals surface area contributed by atoms with Crippen molar-refractivity contribution in [2.24, 2.45) is 0 Å². The Kier molecular flexibility index (Phi) is 6.25. The zero-order chi connectivity index (χ0) is 9.36. The predicted molar refractivity (Wildman–Crippen MR) is 56.3 cm³/mol. The molecule has 1 N–H and O–H groups in total. The highest BCUT2D eigenvalue weighted by atomic mass is 35.5. The van der Waals surface area contributed by atoms with Crippen LogP contribution in [0.2, 0.25) is 0 Å². The van der Waals surface area contributed by atoms with Gasteiger partial charge in [0.1, 0.15) is 0 Å².